The summed E-state index contributed by atoms with van der Waals surface area (Å²) < 4.78 is 0. The van der Waals surface area contributed by atoms with Crippen LogP contribution in [0.25, 0.3) is 5.57 Å². The Morgan fingerprint density at radius 1 is 0.765 bits per heavy atom. The minimum atomic E-state index is -0.0731. The molecule has 3 aliphatic rings. The Labute approximate surface area is 212 Å². The second kappa shape index (κ2) is 11.5. The van der Waals surface area contributed by atoms with E-state index in [1.54, 1.807) is 16.7 Å². The van der Waals surface area contributed by atoms with Crippen LogP contribution in [0, 0.1) is 5.92 Å². The molecule has 0 bridgehead atoms. The van der Waals surface area contributed by atoms with Crippen molar-refractivity contribution in [3.63, 3.8) is 0 Å². The van der Waals surface area contributed by atoms with E-state index in [2.05, 4.69) is 78.0 Å². The van der Waals surface area contributed by atoms with E-state index in [0.29, 0.717) is 22.9 Å². The minimum Gasteiger partial charge on any atom is -0.0888 e. The third-order valence-electron chi connectivity index (χ3n) is 9.30. The summed E-state index contributed by atoms with van der Waals surface area (Å²) in [6.45, 7) is 14.6. The Morgan fingerprint density at radius 3 is 1.85 bits per heavy atom. The smallest absolute Gasteiger partial charge is 0.0223 e. The van der Waals surface area contributed by atoms with Gasteiger partial charge in [-0.1, -0.05) is 124 Å². The van der Waals surface area contributed by atoms with Crippen molar-refractivity contribution in [2.75, 3.05) is 0 Å². The van der Waals surface area contributed by atoms with Crippen molar-refractivity contribution in [2.24, 2.45) is 5.92 Å². The number of hydrogen-bond donors (Lipinski definition) is 0. The molecule has 0 saturated heterocycles. The van der Waals surface area contributed by atoms with Gasteiger partial charge in [0.15, 0.2) is 0 Å². The lowest BCUT2D eigenvalue weighted by atomic mass is 9.75. The maximum Gasteiger partial charge on any atom is 0.0223 e. The second-order valence-electron chi connectivity index (χ2n) is 12.4. The molecule has 1 atom stereocenters. The molecular formula is C33H51P. The first-order valence-electron chi connectivity index (χ1n) is 14.7. The van der Waals surface area contributed by atoms with Gasteiger partial charge in [-0.3, -0.25) is 0 Å². The molecule has 2 saturated carbocycles. The number of hydrogen-bond acceptors (Lipinski definition) is 0. The van der Waals surface area contributed by atoms with Gasteiger partial charge >= 0.3 is 0 Å². The van der Waals surface area contributed by atoms with E-state index in [-0.39, 0.29) is 7.92 Å². The molecule has 0 heterocycles. The van der Waals surface area contributed by atoms with Crippen molar-refractivity contribution in [1.29, 1.82) is 0 Å². The van der Waals surface area contributed by atoms with Gasteiger partial charge in [-0.25, -0.2) is 0 Å². The van der Waals surface area contributed by atoms with Crippen LogP contribution >= 0.6 is 7.92 Å². The quantitative estimate of drug-likeness (QED) is 0.342. The number of benzene rings is 1. The SMILES string of the molecule is CC(C)c1ccc(C2=CC=CC[C@]2(C(C)C)P(C2CCCCC2)C2CCCCC2)c(C(C)C)c1. The highest BCUT2D eigenvalue weighted by Gasteiger charge is 2.50. The normalized spacial score (nSPS) is 25.1. The molecule has 4 rings (SSSR count). The molecule has 188 valence electrons. The highest BCUT2D eigenvalue weighted by Crippen LogP contribution is 2.71. The molecule has 34 heavy (non-hydrogen) atoms. The molecule has 3 aliphatic carbocycles. The minimum absolute atomic E-state index is 0.0731. The lowest BCUT2D eigenvalue weighted by Crippen LogP contribution is -2.42. The first-order valence-corrected chi connectivity index (χ1v) is 16.1. The molecular weight excluding hydrogens is 427 g/mol. The van der Waals surface area contributed by atoms with Gasteiger partial charge in [0.1, 0.15) is 0 Å². The molecule has 1 aromatic carbocycles. The first kappa shape index (κ1) is 26.2. The lowest BCUT2D eigenvalue weighted by Gasteiger charge is -2.55. The van der Waals surface area contributed by atoms with E-state index < -0.39 is 0 Å². The standard InChI is InChI=1S/C33H51P/c1-24(2)27-20-21-30(31(23-27)25(3)4)32-19-13-14-22-33(32,26(5)6)34(28-15-9-7-10-16-28)29-17-11-8-12-18-29/h13-14,19-21,23-26,28-29H,7-12,15-18,22H2,1-6H3/t33-/m1/s1. The van der Waals surface area contributed by atoms with Gasteiger partial charge in [-0.05, 0) is 83.4 Å². The molecule has 0 aromatic heterocycles. The average molecular weight is 479 g/mol. The van der Waals surface area contributed by atoms with E-state index in [4.69, 9.17) is 0 Å². The lowest BCUT2D eigenvalue weighted by molar-refractivity contribution is 0.450. The van der Waals surface area contributed by atoms with E-state index in [0.717, 1.165) is 11.3 Å². The monoisotopic (exact) mass is 478 g/mol. The molecule has 1 aromatic rings. The largest absolute Gasteiger partial charge is 0.0888 e. The molecule has 2 fully saturated rings. The van der Waals surface area contributed by atoms with Crippen molar-refractivity contribution >= 4 is 13.5 Å². The predicted molar refractivity (Wildman–Crippen MR) is 155 cm³/mol. The molecule has 0 nitrogen and oxygen atoms in total. The fourth-order valence-corrected chi connectivity index (χ4v) is 12.5. The van der Waals surface area contributed by atoms with Crippen LogP contribution in [0.4, 0.5) is 0 Å². The highest BCUT2D eigenvalue weighted by molar-refractivity contribution is 7.61. The van der Waals surface area contributed by atoms with Crippen LogP contribution in [0.1, 0.15) is 141 Å². The van der Waals surface area contributed by atoms with Crippen molar-refractivity contribution in [1.82, 2.24) is 0 Å². The van der Waals surface area contributed by atoms with Gasteiger partial charge in [0.2, 0.25) is 0 Å². The fraction of sp³-hybridized carbons (Fsp3) is 0.697. The van der Waals surface area contributed by atoms with Gasteiger partial charge < -0.3 is 0 Å². The Morgan fingerprint density at radius 2 is 1.35 bits per heavy atom. The van der Waals surface area contributed by atoms with Crippen molar-refractivity contribution in [3.8, 4) is 0 Å². The molecule has 0 spiro atoms. The fourth-order valence-electron chi connectivity index (χ4n) is 7.41. The maximum atomic E-state index is 2.57. The van der Waals surface area contributed by atoms with Crippen LogP contribution in [0.3, 0.4) is 0 Å². The van der Waals surface area contributed by atoms with Crippen molar-refractivity contribution in [3.05, 3.63) is 53.1 Å². The van der Waals surface area contributed by atoms with Crippen LogP contribution in [-0.4, -0.2) is 16.5 Å². The zero-order chi connectivity index (χ0) is 24.3. The number of allylic oxidation sites excluding steroid dienone is 4. The van der Waals surface area contributed by atoms with E-state index in [1.165, 1.54) is 76.2 Å². The summed E-state index contributed by atoms with van der Waals surface area (Å²) in [5.41, 5.74) is 8.32. The van der Waals surface area contributed by atoms with Crippen LogP contribution in [0.5, 0.6) is 0 Å². The molecule has 0 aliphatic heterocycles. The summed E-state index contributed by atoms with van der Waals surface area (Å²) >= 11 is 0. The molecule has 0 amide bonds. The van der Waals surface area contributed by atoms with E-state index in [1.807, 2.05) is 0 Å². The Balaban J connectivity index is 1.87. The predicted octanol–water partition coefficient (Wildman–Crippen LogP) is 10.8. The Hall–Kier alpha value is -0.870. The summed E-state index contributed by atoms with van der Waals surface area (Å²) in [5, 5.41) is 0.330. The van der Waals surface area contributed by atoms with Crippen LogP contribution < -0.4 is 0 Å². The van der Waals surface area contributed by atoms with Gasteiger partial charge in [-0.15, -0.1) is 0 Å². The topological polar surface area (TPSA) is 0 Å². The Kier molecular flexibility index (Phi) is 8.83. The highest BCUT2D eigenvalue weighted by atomic mass is 31.1. The van der Waals surface area contributed by atoms with Crippen LogP contribution in [-0.2, 0) is 0 Å². The second-order valence-corrected chi connectivity index (χ2v) is 15.5. The van der Waals surface area contributed by atoms with Gasteiger partial charge in [0, 0.05) is 5.16 Å². The van der Waals surface area contributed by atoms with Crippen molar-refractivity contribution in [2.45, 2.75) is 140 Å². The molecule has 0 radical (unpaired) electrons. The zero-order valence-electron chi connectivity index (χ0n) is 23.1. The van der Waals surface area contributed by atoms with E-state index in [9.17, 15) is 0 Å². The molecule has 1 heteroatoms. The van der Waals surface area contributed by atoms with Crippen LogP contribution in [0.15, 0.2) is 36.4 Å². The Bertz CT molecular complexity index is 843. The summed E-state index contributed by atoms with van der Waals surface area (Å²) in [6.07, 6.45) is 23.6. The van der Waals surface area contributed by atoms with Crippen LogP contribution in [0.2, 0.25) is 0 Å². The first-order chi connectivity index (χ1) is 16.4. The van der Waals surface area contributed by atoms with Gasteiger partial charge in [0.05, 0.1) is 0 Å². The van der Waals surface area contributed by atoms with E-state index >= 15 is 0 Å². The third kappa shape index (κ3) is 5.14. The van der Waals surface area contributed by atoms with Gasteiger partial charge in [-0.2, -0.15) is 0 Å². The summed E-state index contributed by atoms with van der Waals surface area (Å²) in [5.74, 6) is 1.83. The summed E-state index contributed by atoms with van der Waals surface area (Å²) in [7, 11) is -0.0731. The zero-order valence-corrected chi connectivity index (χ0v) is 24.0. The summed E-state index contributed by atoms with van der Waals surface area (Å²) in [4.78, 5) is 0. The molecule has 0 N–H and O–H groups in total. The van der Waals surface area contributed by atoms with Crippen molar-refractivity contribution < 1.29 is 0 Å². The third-order valence-corrected chi connectivity index (χ3v) is 13.8. The number of rotatable bonds is 7. The summed E-state index contributed by atoms with van der Waals surface area (Å²) in [6, 6.07) is 7.53. The van der Waals surface area contributed by atoms with Gasteiger partial charge in [0.25, 0.3) is 0 Å². The molecule has 0 unspecified atom stereocenters. The maximum absolute atomic E-state index is 2.57. The average Bonchev–Trinajstić information content (AvgIpc) is 2.85.